The van der Waals surface area contributed by atoms with Crippen LogP contribution in [0, 0.1) is 13.8 Å². The number of rotatable bonds is 2. The van der Waals surface area contributed by atoms with Crippen LogP contribution in [0.25, 0.3) is 10.9 Å². The summed E-state index contributed by atoms with van der Waals surface area (Å²) in [7, 11) is 4.03. The molecule has 1 aromatic carbocycles. The number of pyridine rings is 2. The lowest BCUT2D eigenvalue weighted by Crippen LogP contribution is -2.37. The third-order valence-electron chi connectivity index (χ3n) is 6.18. The Morgan fingerprint density at radius 3 is 2.37 bits per heavy atom. The normalized spacial score (nSPS) is 15.7. The summed E-state index contributed by atoms with van der Waals surface area (Å²) in [5.41, 5.74) is 7.76. The fraction of sp³-hybridized carbons (Fsp3) is 0.440. The lowest BCUT2D eigenvalue weighted by molar-refractivity contribution is 0.814. The zero-order valence-electron chi connectivity index (χ0n) is 19.0. The largest absolute Gasteiger partial charge is 0.371 e. The number of fused-ring (bicyclic) bond motifs is 2. The second-order valence-corrected chi connectivity index (χ2v) is 8.35. The molecule has 1 aliphatic carbocycles. The van der Waals surface area contributed by atoms with Gasteiger partial charge in [0.05, 0.1) is 28.8 Å². The van der Waals surface area contributed by atoms with E-state index in [0.717, 1.165) is 46.5 Å². The van der Waals surface area contributed by atoms with Crippen molar-refractivity contribution < 1.29 is 0 Å². The van der Waals surface area contributed by atoms with Crippen molar-refractivity contribution in [2.75, 3.05) is 29.9 Å². The molecule has 0 saturated heterocycles. The first-order valence-corrected chi connectivity index (χ1v) is 11.0. The molecule has 0 atom stereocenters. The van der Waals surface area contributed by atoms with E-state index < -0.39 is 0 Å². The average Bonchev–Trinajstić information content (AvgIpc) is 3.60. The molecule has 3 aromatic rings. The first kappa shape index (κ1) is 20.5. The van der Waals surface area contributed by atoms with Gasteiger partial charge in [-0.3, -0.25) is 9.78 Å². The van der Waals surface area contributed by atoms with E-state index in [1.54, 1.807) is 4.57 Å². The Bertz CT molecular complexity index is 1160. The van der Waals surface area contributed by atoms with Crippen LogP contribution in [0.1, 0.15) is 49.4 Å². The smallest absolute Gasteiger partial charge is 0.253 e. The molecule has 0 amide bonds. The molecule has 3 heterocycles. The van der Waals surface area contributed by atoms with Gasteiger partial charge in [-0.1, -0.05) is 13.8 Å². The van der Waals surface area contributed by atoms with Gasteiger partial charge in [-0.2, -0.15) is 0 Å². The zero-order chi connectivity index (χ0) is 21.6. The maximum absolute atomic E-state index is 12.5. The molecule has 1 aliphatic heterocycles. The van der Waals surface area contributed by atoms with E-state index in [1.165, 1.54) is 24.2 Å². The molecule has 30 heavy (non-hydrogen) atoms. The number of aromatic nitrogens is 2. The summed E-state index contributed by atoms with van der Waals surface area (Å²) < 4.78 is 1.77. The molecule has 0 spiro atoms. The third-order valence-corrected chi connectivity index (χ3v) is 6.18. The van der Waals surface area contributed by atoms with Crippen LogP contribution < -0.4 is 15.4 Å². The molecule has 5 heteroatoms. The van der Waals surface area contributed by atoms with Crippen LogP contribution in [0.2, 0.25) is 0 Å². The molecule has 2 aromatic heterocycles. The van der Waals surface area contributed by atoms with Gasteiger partial charge in [0, 0.05) is 49.7 Å². The highest BCUT2D eigenvalue weighted by Crippen LogP contribution is 2.44. The first-order valence-electron chi connectivity index (χ1n) is 11.0. The minimum absolute atomic E-state index is 0.0681. The fourth-order valence-corrected chi connectivity index (χ4v) is 4.37. The zero-order valence-corrected chi connectivity index (χ0v) is 19.0. The summed E-state index contributed by atoms with van der Waals surface area (Å²) in [6, 6.07) is 8.65. The highest BCUT2D eigenvalue weighted by molar-refractivity contribution is 5.97. The Hall–Kier alpha value is -2.82. The monoisotopic (exact) mass is 404 g/mol. The van der Waals surface area contributed by atoms with E-state index >= 15 is 0 Å². The maximum Gasteiger partial charge on any atom is 0.253 e. The van der Waals surface area contributed by atoms with Gasteiger partial charge in [0.2, 0.25) is 0 Å². The molecule has 0 bridgehead atoms. The Morgan fingerprint density at radius 1 is 0.933 bits per heavy atom. The van der Waals surface area contributed by atoms with Crippen LogP contribution in [0.5, 0.6) is 0 Å². The highest BCUT2D eigenvalue weighted by atomic mass is 16.1. The van der Waals surface area contributed by atoms with Crippen LogP contribution in [0.15, 0.2) is 35.3 Å². The number of likely N-dealkylation sites (N-methyl/N-ethyl adjacent to an activating group) is 1. The van der Waals surface area contributed by atoms with Gasteiger partial charge >= 0.3 is 0 Å². The van der Waals surface area contributed by atoms with Crippen molar-refractivity contribution in [3.8, 4) is 0 Å². The predicted molar refractivity (Wildman–Crippen MR) is 126 cm³/mol. The summed E-state index contributed by atoms with van der Waals surface area (Å²) >= 11 is 0. The number of benzene rings is 1. The fourth-order valence-electron chi connectivity index (χ4n) is 4.37. The first-order chi connectivity index (χ1) is 14.4. The topological polar surface area (TPSA) is 41.4 Å². The van der Waals surface area contributed by atoms with Crippen LogP contribution in [-0.4, -0.2) is 29.7 Å². The van der Waals surface area contributed by atoms with E-state index in [2.05, 4.69) is 42.0 Å². The van der Waals surface area contributed by atoms with E-state index in [0.29, 0.717) is 5.92 Å². The lowest BCUT2D eigenvalue weighted by atomic mass is 10.0. The van der Waals surface area contributed by atoms with Gasteiger partial charge in [-0.15, -0.1) is 0 Å². The van der Waals surface area contributed by atoms with Crippen LogP contribution in [0.4, 0.5) is 17.1 Å². The molecule has 5 nitrogen and oxygen atoms in total. The number of aryl methyl sites for hydroxylation is 3. The van der Waals surface area contributed by atoms with Crippen molar-refractivity contribution in [2.45, 2.75) is 46.5 Å². The predicted octanol–water partition coefficient (Wildman–Crippen LogP) is 5.04. The standard InChI is InChI=1S/C23H26N4O.C2H6/c1-14-9-19-17(11-15(2)23(28)26(19)4)20(10-14)27-8-7-25(3)21-12-18(16-5-6-16)24-13-22(21)27;1-2/h9-13,16H,5-8H2,1-4H3;1-2H3. The molecule has 0 radical (unpaired) electrons. The number of hydrogen-bond acceptors (Lipinski definition) is 4. The molecule has 0 unspecified atom stereocenters. The van der Waals surface area contributed by atoms with Crippen molar-refractivity contribution in [3.63, 3.8) is 0 Å². The van der Waals surface area contributed by atoms with Crippen LogP contribution in [-0.2, 0) is 7.05 Å². The summed E-state index contributed by atoms with van der Waals surface area (Å²) in [5.74, 6) is 0.644. The number of anilines is 3. The summed E-state index contributed by atoms with van der Waals surface area (Å²) in [6.45, 7) is 9.85. The number of nitrogens with zero attached hydrogens (tertiary/aromatic N) is 4. The number of hydrogen-bond donors (Lipinski definition) is 0. The van der Waals surface area contributed by atoms with Crippen LogP contribution in [0.3, 0.4) is 0 Å². The van der Waals surface area contributed by atoms with Gasteiger partial charge in [-0.05, 0) is 56.5 Å². The minimum atomic E-state index is 0.0681. The summed E-state index contributed by atoms with van der Waals surface area (Å²) in [5, 5.41) is 1.12. The van der Waals surface area contributed by atoms with Crippen LogP contribution >= 0.6 is 0 Å². The highest BCUT2D eigenvalue weighted by Gasteiger charge is 2.29. The second-order valence-electron chi connectivity index (χ2n) is 8.35. The van der Waals surface area contributed by atoms with Gasteiger partial charge in [0.25, 0.3) is 5.56 Å². The molecule has 5 rings (SSSR count). The van der Waals surface area contributed by atoms with Gasteiger partial charge in [0.15, 0.2) is 0 Å². The van der Waals surface area contributed by atoms with E-state index in [4.69, 9.17) is 4.98 Å². The Labute approximate surface area is 179 Å². The quantitative estimate of drug-likeness (QED) is 0.600. The average molecular weight is 405 g/mol. The van der Waals surface area contributed by atoms with E-state index in [9.17, 15) is 4.79 Å². The Balaban J connectivity index is 0.00000106. The second kappa shape index (κ2) is 7.78. The van der Waals surface area contributed by atoms with E-state index in [1.807, 2.05) is 40.1 Å². The van der Waals surface area contributed by atoms with Crippen molar-refractivity contribution in [1.29, 1.82) is 0 Å². The third kappa shape index (κ3) is 3.36. The molecule has 158 valence electrons. The molecule has 2 aliphatic rings. The van der Waals surface area contributed by atoms with Crippen molar-refractivity contribution in [1.82, 2.24) is 9.55 Å². The Morgan fingerprint density at radius 2 is 1.67 bits per heavy atom. The maximum atomic E-state index is 12.5. The minimum Gasteiger partial charge on any atom is -0.371 e. The SMILES string of the molecule is CC.Cc1cc(N2CCN(C)c3cc(C4CC4)ncc32)c2cc(C)c(=O)n(C)c2c1. The van der Waals surface area contributed by atoms with Crippen molar-refractivity contribution in [2.24, 2.45) is 7.05 Å². The van der Waals surface area contributed by atoms with Gasteiger partial charge in [0.1, 0.15) is 0 Å². The summed E-state index contributed by atoms with van der Waals surface area (Å²) in [4.78, 5) is 22.0. The van der Waals surface area contributed by atoms with Gasteiger partial charge in [-0.25, -0.2) is 0 Å². The molecular formula is C25H32N4O. The lowest BCUT2D eigenvalue weighted by Gasteiger charge is -2.37. The molecule has 1 fully saturated rings. The van der Waals surface area contributed by atoms with Crippen molar-refractivity contribution in [3.05, 3.63) is 57.6 Å². The molecule has 0 N–H and O–H groups in total. The van der Waals surface area contributed by atoms with Crippen molar-refractivity contribution >= 4 is 28.0 Å². The van der Waals surface area contributed by atoms with E-state index in [-0.39, 0.29) is 5.56 Å². The summed E-state index contributed by atoms with van der Waals surface area (Å²) in [6.07, 6.45) is 4.56. The molecule has 1 saturated carbocycles. The Kier molecular flexibility index (Phi) is 5.31. The molecular weight excluding hydrogens is 372 g/mol. The van der Waals surface area contributed by atoms with Gasteiger partial charge < -0.3 is 14.4 Å².